The molecule has 0 bridgehead atoms. The van der Waals surface area contributed by atoms with Crippen molar-refractivity contribution in [3.05, 3.63) is 33.8 Å². The molecule has 0 amide bonds. The van der Waals surface area contributed by atoms with Gasteiger partial charge in [-0.3, -0.25) is 0 Å². The van der Waals surface area contributed by atoms with Crippen molar-refractivity contribution in [1.82, 2.24) is 5.32 Å². The maximum atomic E-state index is 3.70. The molecule has 1 N–H and O–H groups in total. The second kappa shape index (κ2) is 8.71. The third-order valence-corrected chi connectivity index (χ3v) is 4.02. The van der Waals surface area contributed by atoms with Crippen LogP contribution in [0.15, 0.2) is 22.7 Å². The van der Waals surface area contributed by atoms with Gasteiger partial charge in [-0.15, -0.1) is 0 Å². The lowest BCUT2D eigenvalue weighted by Gasteiger charge is -2.20. The van der Waals surface area contributed by atoms with Gasteiger partial charge < -0.3 is 5.32 Å². The fourth-order valence-electron chi connectivity index (χ4n) is 2.30. The minimum Gasteiger partial charge on any atom is -0.310 e. The highest BCUT2D eigenvalue weighted by Crippen LogP contribution is 2.28. The van der Waals surface area contributed by atoms with Crippen LogP contribution >= 0.6 is 15.9 Å². The van der Waals surface area contributed by atoms with Gasteiger partial charge in [-0.05, 0) is 37.1 Å². The van der Waals surface area contributed by atoms with Crippen LogP contribution in [0.5, 0.6) is 0 Å². The van der Waals surface area contributed by atoms with Crippen molar-refractivity contribution in [3.63, 3.8) is 0 Å². The Balaban J connectivity index is 2.64. The molecule has 1 aromatic carbocycles. The zero-order chi connectivity index (χ0) is 13.4. The van der Waals surface area contributed by atoms with Crippen molar-refractivity contribution in [2.45, 2.75) is 58.9 Å². The Morgan fingerprint density at radius 1 is 1.17 bits per heavy atom. The molecule has 0 aliphatic carbocycles. The summed E-state index contributed by atoms with van der Waals surface area (Å²) in [5.41, 5.74) is 2.71. The fraction of sp³-hybridized carbons (Fsp3) is 0.625. The Hall–Kier alpha value is -0.340. The molecule has 102 valence electrons. The van der Waals surface area contributed by atoms with Gasteiger partial charge in [0, 0.05) is 10.5 Å². The Morgan fingerprint density at radius 3 is 2.56 bits per heavy atom. The second-order valence-corrected chi connectivity index (χ2v) is 5.84. The molecule has 1 rings (SSSR count). The Kier molecular flexibility index (Phi) is 7.60. The summed E-state index contributed by atoms with van der Waals surface area (Å²) < 4.78 is 1.24. The van der Waals surface area contributed by atoms with E-state index in [1.807, 2.05) is 0 Å². The number of unbranched alkanes of at least 4 members (excludes halogenated alkanes) is 3. The minimum atomic E-state index is 0.488. The predicted molar refractivity (Wildman–Crippen MR) is 84.1 cm³/mol. The van der Waals surface area contributed by atoms with E-state index in [0.717, 1.165) is 6.54 Å². The number of rotatable bonds is 8. The van der Waals surface area contributed by atoms with E-state index in [4.69, 9.17) is 0 Å². The molecule has 1 aromatic rings. The molecule has 0 aliphatic heterocycles. The molecule has 2 heteroatoms. The molecule has 0 aliphatic rings. The van der Waals surface area contributed by atoms with Gasteiger partial charge in [0.25, 0.3) is 0 Å². The van der Waals surface area contributed by atoms with Crippen molar-refractivity contribution >= 4 is 15.9 Å². The zero-order valence-electron chi connectivity index (χ0n) is 11.9. The van der Waals surface area contributed by atoms with Crippen LogP contribution in [0, 0.1) is 6.92 Å². The molecule has 0 heterocycles. The first-order valence-electron chi connectivity index (χ1n) is 7.18. The first-order chi connectivity index (χ1) is 8.69. The van der Waals surface area contributed by atoms with Crippen LogP contribution in [0.3, 0.4) is 0 Å². The lowest BCUT2D eigenvalue weighted by atomic mass is 9.99. The molecule has 18 heavy (non-hydrogen) atoms. The largest absolute Gasteiger partial charge is 0.310 e. The Morgan fingerprint density at radius 2 is 1.94 bits per heavy atom. The van der Waals surface area contributed by atoms with Crippen LogP contribution in [0.4, 0.5) is 0 Å². The summed E-state index contributed by atoms with van der Waals surface area (Å²) in [6, 6.07) is 7.16. The van der Waals surface area contributed by atoms with Crippen LogP contribution < -0.4 is 5.32 Å². The smallest absolute Gasteiger partial charge is 0.0331 e. The molecule has 0 saturated heterocycles. The Bertz CT molecular complexity index is 349. The molecule has 0 saturated carbocycles. The van der Waals surface area contributed by atoms with Crippen LogP contribution in [-0.2, 0) is 0 Å². The van der Waals surface area contributed by atoms with Crippen molar-refractivity contribution < 1.29 is 0 Å². The first kappa shape index (κ1) is 15.7. The molecule has 1 unspecified atom stereocenters. The van der Waals surface area contributed by atoms with E-state index in [2.05, 4.69) is 60.2 Å². The van der Waals surface area contributed by atoms with Gasteiger partial charge in [-0.25, -0.2) is 0 Å². The van der Waals surface area contributed by atoms with E-state index in [-0.39, 0.29) is 0 Å². The molecule has 1 atom stereocenters. The highest BCUT2D eigenvalue weighted by Gasteiger charge is 2.12. The highest BCUT2D eigenvalue weighted by atomic mass is 79.9. The molecule has 1 nitrogen and oxygen atoms in total. The normalized spacial score (nSPS) is 12.7. The predicted octanol–water partition coefficient (Wildman–Crippen LogP) is 5.38. The highest BCUT2D eigenvalue weighted by molar-refractivity contribution is 9.10. The summed E-state index contributed by atoms with van der Waals surface area (Å²) in [5.74, 6) is 0. The van der Waals surface area contributed by atoms with Gasteiger partial charge in [0.1, 0.15) is 0 Å². The average molecular weight is 312 g/mol. The van der Waals surface area contributed by atoms with Gasteiger partial charge >= 0.3 is 0 Å². The van der Waals surface area contributed by atoms with Crippen LogP contribution in [-0.4, -0.2) is 6.54 Å². The van der Waals surface area contributed by atoms with Gasteiger partial charge in [-0.1, -0.05) is 67.6 Å². The molecule has 0 radical (unpaired) electrons. The maximum Gasteiger partial charge on any atom is 0.0331 e. The van der Waals surface area contributed by atoms with Gasteiger partial charge in [0.05, 0.1) is 0 Å². The maximum absolute atomic E-state index is 3.70. The van der Waals surface area contributed by atoms with Gasteiger partial charge in [-0.2, -0.15) is 0 Å². The monoisotopic (exact) mass is 311 g/mol. The summed E-state index contributed by atoms with van der Waals surface area (Å²) in [5, 5.41) is 3.61. The van der Waals surface area contributed by atoms with Crippen molar-refractivity contribution in [2.24, 2.45) is 0 Å². The van der Waals surface area contributed by atoms with E-state index >= 15 is 0 Å². The summed E-state index contributed by atoms with van der Waals surface area (Å²) in [4.78, 5) is 0. The molecule has 0 fully saturated rings. The van der Waals surface area contributed by atoms with Gasteiger partial charge in [0.2, 0.25) is 0 Å². The minimum absolute atomic E-state index is 0.488. The number of nitrogens with one attached hydrogen (secondary N) is 1. The van der Waals surface area contributed by atoms with E-state index < -0.39 is 0 Å². The summed E-state index contributed by atoms with van der Waals surface area (Å²) in [7, 11) is 0. The Labute approximate surface area is 120 Å². The zero-order valence-corrected chi connectivity index (χ0v) is 13.5. The van der Waals surface area contributed by atoms with E-state index in [9.17, 15) is 0 Å². The van der Waals surface area contributed by atoms with E-state index in [1.54, 1.807) is 0 Å². The van der Waals surface area contributed by atoms with Crippen molar-refractivity contribution in [1.29, 1.82) is 0 Å². The average Bonchev–Trinajstić information content (AvgIpc) is 2.34. The summed E-state index contributed by atoms with van der Waals surface area (Å²) >= 11 is 3.70. The topological polar surface area (TPSA) is 12.0 Å². The second-order valence-electron chi connectivity index (χ2n) is 4.98. The standard InChI is InChI=1S/C16H26BrN/c1-4-6-7-8-9-16(18-5-2)14-11-10-13(3)12-15(14)17/h10-12,16,18H,4-9H2,1-3H3. The number of aryl methyl sites for hydroxylation is 1. The fourth-order valence-corrected chi connectivity index (χ4v) is 3.07. The molecular formula is C16H26BrN. The number of hydrogen-bond donors (Lipinski definition) is 1. The number of benzene rings is 1. The SMILES string of the molecule is CCCCCCC(NCC)c1ccc(C)cc1Br. The van der Waals surface area contributed by atoms with E-state index in [0.29, 0.717) is 6.04 Å². The van der Waals surface area contributed by atoms with Crippen molar-refractivity contribution in [2.75, 3.05) is 6.54 Å². The van der Waals surface area contributed by atoms with Gasteiger partial charge in [0.15, 0.2) is 0 Å². The number of hydrogen-bond acceptors (Lipinski definition) is 1. The third-order valence-electron chi connectivity index (χ3n) is 3.33. The lowest BCUT2D eigenvalue weighted by molar-refractivity contribution is 0.480. The summed E-state index contributed by atoms with van der Waals surface area (Å²) in [6.45, 7) is 7.61. The third kappa shape index (κ3) is 5.11. The molecule has 0 aromatic heterocycles. The first-order valence-corrected chi connectivity index (χ1v) is 7.97. The van der Waals surface area contributed by atoms with E-state index in [1.165, 1.54) is 47.7 Å². The lowest BCUT2D eigenvalue weighted by Crippen LogP contribution is -2.21. The molecule has 0 spiro atoms. The summed E-state index contributed by atoms with van der Waals surface area (Å²) in [6.07, 6.45) is 6.55. The van der Waals surface area contributed by atoms with Crippen LogP contribution in [0.1, 0.15) is 63.1 Å². The van der Waals surface area contributed by atoms with Crippen LogP contribution in [0.25, 0.3) is 0 Å². The van der Waals surface area contributed by atoms with Crippen molar-refractivity contribution in [3.8, 4) is 0 Å². The van der Waals surface area contributed by atoms with Crippen LogP contribution in [0.2, 0.25) is 0 Å². The quantitative estimate of drug-likeness (QED) is 0.636. The molecular weight excluding hydrogens is 286 g/mol. The number of halogens is 1.